The SMILES string of the molecule is O=C(Nc1ccccc1-c1nc2ccccc2s1)NC1CCS(=O)(=O)c2ccccc21. The molecular formula is C23H19N3O3S2. The van der Waals surface area contributed by atoms with E-state index in [9.17, 15) is 13.2 Å². The van der Waals surface area contributed by atoms with E-state index in [1.165, 1.54) is 0 Å². The maximum absolute atomic E-state index is 12.8. The average molecular weight is 450 g/mol. The Morgan fingerprint density at radius 1 is 0.968 bits per heavy atom. The second-order valence-electron chi connectivity index (χ2n) is 7.33. The molecule has 3 aromatic carbocycles. The first kappa shape index (κ1) is 19.7. The van der Waals surface area contributed by atoms with Gasteiger partial charge in [0.2, 0.25) is 0 Å². The monoisotopic (exact) mass is 449 g/mol. The van der Waals surface area contributed by atoms with Crippen molar-refractivity contribution in [1.29, 1.82) is 0 Å². The molecule has 0 radical (unpaired) electrons. The van der Waals surface area contributed by atoms with Crippen LogP contribution in [-0.2, 0) is 9.84 Å². The summed E-state index contributed by atoms with van der Waals surface area (Å²) >= 11 is 1.57. The van der Waals surface area contributed by atoms with E-state index in [1.807, 2.05) is 48.5 Å². The van der Waals surface area contributed by atoms with Gasteiger partial charge in [-0.05, 0) is 42.3 Å². The van der Waals surface area contributed by atoms with Crippen LogP contribution in [0.15, 0.2) is 77.7 Å². The first-order valence-corrected chi connectivity index (χ1v) is 12.3. The van der Waals surface area contributed by atoms with Crippen molar-refractivity contribution < 1.29 is 13.2 Å². The van der Waals surface area contributed by atoms with Gasteiger partial charge < -0.3 is 10.6 Å². The zero-order valence-electron chi connectivity index (χ0n) is 16.4. The fraction of sp³-hybridized carbons (Fsp3) is 0.130. The summed E-state index contributed by atoms with van der Waals surface area (Å²) in [5.41, 5.74) is 3.03. The Balaban J connectivity index is 1.40. The molecule has 2 N–H and O–H groups in total. The van der Waals surface area contributed by atoms with E-state index >= 15 is 0 Å². The normalized spacial score (nSPS) is 17.1. The Labute approximate surface area is 183 Å². The number of nitrogens with zero attached hydrogens (tertiary/aromatic N) is 1. The minimum absolute atomic E-state index is 0.0112. The van der Waals surface area contributed by atoms with Crippen LogP contribution >= 0.6 is 11.3 Å². The van der Waals surface area contributed by atoms with Gasteiger partial charge in [-0.15, -0.1) is 11.3 Å². The van der Waals surface area contributed by atoms with Crippen molar-refractivity contribution in [2.45, 2.75) is 17.4 Å². The van der Waals surface area contributed by atoms with Crippen molar-refractivity contribution in [1.82, 2.24) is 10.3 Å². The van der Waals surface area contributed by atoms with Crippen LogP contribution in [0.1, 0.15) is 18.0 Å². The number of nitrogens with one attached hydrogen (secondary N) is 2. The van der Waals surface area contributed by atoms with E-state index in [0.717, 1.165) is 20.8 Å². The van der Waals surface area contributed by atoms with Crippen molar-refractivity contribution >= 4 is 43.1 Å². The van der Waals surface area contributed by atoms with Gasteiger partial charge in [-0.3, -0.25) is 0 Å². The van der Waals surface area contributed by atoms with Crippen molar-refractivity contribution in [2.24, 2.45) is 0 Å². The lowest BCUT2D eigenvalue weighted by Crippen LogP contribution is -2.36. The van der Waals surface area contributed by atoms with Gasteiger partial charge in [0.15, 0.2) is 9.84 Å². The van der Waals surface area contributed by atoms with Crippen LogP contribution in [0.3, 0.4) is 0 Å². The van der Waals surface area contributed by atoms with Crippen LogP contribution in [0, 0.1) is 0 Å². The summed E-state index contributed by atoms with van der Waals surface area (Å²) in [5.74, 6) is 0.0112. The predicted molar refractivity (Wildman–Crippen MR) is 123 cm³/mol. The van der Waals surface area contributed by atoms with E-state index in [0.29, 0.717) is 22.6 Å². The van der Waals surface area contributed by atoms with Gasteiger partial charge in [-0.25, -0.2) is 18.2 Å². The quantitative estimate of drug-likeness (QED) is 0.461. The van der Waals surface area contributed by atoms with Gasteiger partial charge in [0.05, 0.1) is 32.6 Å². The molecule has 0 bridgehead atoms. The number of aromatic nitrogens is 1. The standard InChI is InChI=1S/C23H19N3O3S2/c27-23(26-18-13-14-31(28,29)21-12-6-2-7-15(18)21)25-17-9-3-1-8-16(17)22-24-19-10-4-5-11-20(19)30-22/h1-12,18H,13-14H2,(H2,25,26,27). The number of anilines is 1. The Morgan fingerprint density at radius 3 is 2.58 bits per heavy atom. The third-order valence-corrected chi connectivity index (χ3v) is 8.19. The molecule has 0 spiro atoms. The maximum Gasteiger partial charge on any atom is 0.319 e. The highest BCUT2D eigenvalue weighted by molar-refractivity contribution is 7.91. The predicted octanol–water partition coefficient (Wildman–Crippen LogP) is 5.00. The Morgan fingerprint density at radius 2 is 1.71 bits per heavy atom. The molecule has 1 aliphatic rings. The van der Waals surface area contributed by atoms with Gasteiger partial charge in [0.1, 0.15) is 5.01 Å². The summed E-state index contributed by atoms with van der Waals surface area (Å²) in [6.07, 6.45) is 0.340. The molecular weight excluding hydrogens is 430 g/mol. The van der Waals surface area contributed by atoms with E-state index < -0.39 is 9.84 Å². The lowest BCUT2D eigenvalue weighted by molar-refractivity contribution is 0.248. The highest BCUT2D eigenvalue weighted by Gasteiger charge is 2.30. The van der Waals surface area contributed by atoms with E-state index in [4.69, 9.17) is 4.98 Å². The van der Waals surface area contributed by atoms with Crippen molar-refractivity contribution in [2.75, 3.05) is 11.1 Å². The molecule has 2 amide bonds. The molecule has 1 aromatic heterocycles. The van der Waals surface area contributed by atoms with Gasteiger partial charge in [-0.2, -0.15) is 0 Å². The Hall–Kier alpha value is -3.23. The average Bonchev–Trinajstić information content (AvgIpc) is 3.20. The van der Waals surface area contributed by atoms with Crippen LogP contribution in [0.2, 0.25) is 0 Å². The number of thiazole rings is 1. The molecule has 0 saturated carbocycles. The number of para-hydroxylation sites is 2. The topological polar surface area (TPSA) is 88.2 Å². The minimum Gasteiger partial charge on any atom is -0.331 e. The maximum atomic E-state index is 12.8. The molecule has 1 atom stereocenters. The lowest BCUT2D eigenvalue weighted by Gasteiger charge is -2.26. The fourth-order valence-corrected chi connectivity index (χ4v) is 6.45. The van der Waals surface area contributed by atoms with Crippen LogP contribution in [0.4, 0.5) is 10.5 Å². The van der Waals surface area contributed by atoms with Crippen molar-refractivity contribution in [3.05, 3.63) is 78.4 Å². The number of carbonyl (C=O) groups is 1. The van der Waals surface area contributed by atoms with Gasteiger partial charge in [-0.1, -0.05) is 42.5 Å². The summed E-state index contributed by atoms with van der Waals surface area (Å²) in [4.78, 5) is 17.8. The largest absolute Gasteiger partial charge is 0.331 e. The molecule has 31 heavy (non-hydrogen) atoms. The summed E-state index contributed by atoms with van der Waals surface area (Å²) in [7, 11) is -3.30. The number of rotatable bonds is 3. The number of fused-ring (bicyclic) bond motifs is 2. The lowest BCUT2D eigenvalue weighted by atomic mass is 10.0. The van der Waals surface area contributed by atoms with Crippen LogP contribution in [0.5, 0.6) is 0 Å². The van der Waals surface area contributed by atoms with Crippen LogP contribution < -0.4 is 10.6 Å². The van der Waals surface area contributed by atoms with Crippen LogP contribution in [-0.4, -0.2) is 25.2 Å². The molecule has 4 aromatic rings. The molecule has 156 valence electrons. The number of benzene rings is 3. The summed E-state index contributed by atoms with van der Waals surface area (Å²) in [6.45, 7) is 0. The van der Waals surface area contributed by atoms with Crippen molar-refractivity contribution in [3.8, 4) is 10.6 Å². The molecule has 2 heterocycles. The fourth-order valence-electron chi connectivity index (χ4n) is 3.82. The number of hydrogen-bond donors (Lipinski definition) is 2. The molecule has 0 fully saturated rings. The second kappa shape index (κ2) is 7.79. The zero-order chi connectivity index (χ0) is 21.4. The van der Waals surface area contributed by atoms with E-state index in [1.54, 1.807) is 35.6 Å². The van der Waals surface area contributed by atoms with Crippen LogP contribution in [0.25, 0.3) is 20.8 Å². The van der Waals surface area contributed by atoms with E-state index in [-0.39, 0.29) is 17.8 Å². The first-order valence-electron chi connectivity index (χ1n) is 9.85. The number of hydrogen-bond acceptors (Lipinski definition) is 5. The molecule has 8 heteroatoms. The van der Waals surface area contributed by atoms with Crippen molar-refractivity contribution in [3.63, 3.8) is 0 Å². The molecule has 0 saturated heterocycles. The molecule has 1 aliphatic heterocycles. The molecule has 5 rings (SSSR count). The van der Waals surface area contributed by atoms with Gasteiger partial charge >= 0.3 is 6.03 Å². The third-order valence-electron chi connectivity index (χ3n) is 5.31. The summed E-state index contributed by atoms with van der Waals surface area (Å²) < 4.78 is 25.8. The summed E-state index contributed by atoms with van der Waals surface area (Å²) in [6, 6.07) is 21.5. The number of urea groups is 1. The number of carbonyl (C=O) groups excluding carboxylic acids is 1. The zero-order valence-corrected chi connectivity index (χ0v) is 18.0. The van der Waals surface area contributed by atoms with Gasteiger partial charge in [0.25, 0.3) is 0 Å². The molecule has 1 unspecified atom stereocenters. The Kier molecular flexibility index (Phi) is 4.95. The highest BCUT2D eigenvalue weighted by Crippen LogP contribution is 2.35. The molecule has 0 aliphatic carbocycles. The summed E-state index contributed by atoms with van der Waals surface area (Å²) in [5, 5.41) is 6.68. The smallest absolute Gasteiger partial charge is 0.319 e. The van der Waals surface area contributed by atoms with Gasteiger partial charge in [0, 0.05) is 5.56 Å². The molecule has 6 nitrogen and oxygen atoms in total. The highest BCUT2D eigenvalue weighted by atomic mass is 32.2. The number of amides is 2. The first-order chi connectivity index (χ1) is 15.0. The second-order valence-corrected chi connectivity index (χ2v) is 10.4. The third kappa shape index (κ3) is 3.80. The number of sulfone groups is 1. The minimum atomic E-state index is -3.30. The van der Waals surface area contributed by atoms with E-state index in [2.05, 4.69) is 10.6 Å². The Bertz CT molecular complexity index is 1360.